The van der Waals surface area contributed by atoms with E-state index in [2.05, 4.69) is 31.1 Å². The molecule has 4 heteroatoms. The van der Waals surface area contributed by atoms with Gasteiger partial charge in [-0.25, -0.2) is 0 Å². The molecule has 0 unspecified atom stereocenters. The molecule has 0 amide bonds. The maximum Gasteiger partial charge on any atom is 0.300 e. The van der Waals surface area contributed by atoms with Crippen LogP contribution in [0.5, 0.6) is 6.01 Å². The topological polar surface area (TPSA) is 49.6 Å². The third kappa shape index (κ3) is 1.88. The van der Waals surface area contributed by atoms with E-state index in [4.69, 9.17) is 0 Å². The zero-order valence-electron chi connectivity index (χ0n) is 9.15. The lowest BCUT2D eigenvalue weighted by atomic mass is 10.1. The Balaban J connectivity index is 2.53. The summed E-state index contributed by atoms with van der Waals surface area (Å²) in [6, 6.07) is 5.71. The number of nitrogens with zero attached hydrogens (tertiary/aromatic N) is 2. The second-order valence-electron chi connectivity index (χ2n) is 4.59. The first-order valence-corrected chi connectivity index (χ1v) is 4.91. The quantitative estimate of drug-likeness (QED) is 0.750. The molecule has 0 bridgehead atoms. The molecule has 0 aliphatic heterocycles. The van der Waals surface area contributed by atoms with Crippen LogP contribution in [0.3, 0.4) is 0 Å². The lowest BCUT2D eigenvalue weighted by Gasteiger charge is -2.20. The summed E-state index contributed by atoms with van der Waals surface area (Å²) in [5, 5.41) is 12.9. The van der Waals surface area contributed by atoms with Gasteiger partial charge in [0.15, 0.2) is 5.82 Å². The molecule has 15 heavy (non-hydrogen) atoms. The van der Waals surface area contributed by atoms with Gasteiger partial charge in [0.1, 0.15) is 0 Å². The summed E-state index contributed by atoms with van der Waals surface area (Å²) < 4.78 is 1.65. The fourth-order valence-electron chi connectivity index (χ4n) is 1.47. The van der Waals surface area contributed by atoms with Crippen molar-refractivity contribution in [2.24, 2.45) is 0 Å². The largest absolute Gasteiger partial charge is 0.480 e. The number of aromatic nitrogens is 2. The average molecular weight is 205 g/mol. The highest BCUT2D eigenvalue weighted by molar-refractivity contribution is 5.70. The zero-order valence-corrected chi connectivity index (χ0v) is 9.15. The highest BCUT2D eigenvalue weighted by Crippen LogP contribution is 2.24. The molecule has 0 aliphatic carbocycles. The van der Waals surface area contributed by atoms with Crippen molar-refractivity contribution >= 4 is 11.3 Å². The van der Waals surface area contributed by atoms with Crippen LogP contribution in [0, 0.1) is 0 Å². The second-order valence-corrected chi connectivity index (χ2v) is 4.59. The number of anilines is 1. The van der Waals surface area contributed by atoms with Gasteiger partial charge in [-0.2, -0.15) is 4.98 Å². The number of pyridine rings is 1. The van der Waals surface area contributed by atoms with Crippen LogP contribution in [0.1, 0.15) is 20.8 Å². The predicted molar refractivity (Wildman–Crippen MR) is 60.2 cm³/mol. The number of imidazole rings is 1. The van der Waals surface area contributed by atoms with Crippen molar-refractivity contribution in [1.29, 1.82) is 0 Å². The lowest BCUT2D eigenvalue weighted by Crippen LogP contribution is -2.26. The van der Waals surface area contributed by atoms with Crippen molar-refractivity contribution in [1.82, 2.24) is 9.38 Å². The Morgan fingerprint density at radius 2 is 2.07 bits per heavy atom. The van der Waals surface area contributed by atoms with Crippen LogP contribution in [0.4, 0.5) is 5.82 Å². The molecule has 0 aliphatic rings. The van der Waals surface area contributed by atoms with Crippen LogP contribution in [-0.4, -0.2) is 20.0 Å². The second kappa shape index (κ2) is 3.15. The maximum atomic E-state index is 9.60. The van der Waals surface area contributed by atoms with E-state index >= 15 is 0 Å². The van der Waals surface area contributed by atoms with Gasteiger partial charge in [-0.3, -0.25) is 4.40 Å². The van der Waals surface area contributed by atoms with Gasteiger partial charge in [0.25, 0.3) is 0 Å². The molecule has 0 radical (unpaired) electrons. The van der Waals surface area contributed by atoms with E-state index in [0.717, 1.165) is 5.52 Å². The molecular formula is C11H15N3O. The molecule has 0 atom stereocenters. The van der Waals surface area contributed by atoms with E-state index < -0.39 is 0 Å². The third-order valence-electron chi connectivity index (χ3n) is 2.02. The molecule has 2 aromatic rings. The summed E-state index contributed by atoms with van der Waals surface area (Å²) in [4.78, 5) is 4.08. The van der Waals surface area contributed by atoms with Crippen LogP contribution in [0.15, 0.2) is 24.4 Å². The molecule has 80 valence electrons. The zero-order chi connectivity index (χ0) is 11.1. The van der Waals surface area contributed by atoms with Crippen molar-refractivity contribution in [2.75, 3.05) is 5.32 Å². The summed E-state index contributed by atoms with van der Waals surface area (Å²) in [6.45, 7) is 6.16. The summed E-state index contributed by atoms with van der Waals surface area (Å²) in [6.07, 6.45) is 1.78. The van der Waals surface area contributed by atoms with Crippen molar-refractivity contribution in [2.45, 2.75) is 26.3 Å². The van der Waals surface area contributed by atoms with Crippen LogP contribution in [0.2, 0.25) is 0 Å². The molecule has 0 saturated heterocycles. The Hall–Kier alpha value is -1.71. The van der Waals surface area contributed by atoms with E-state index in [0.29, 0.717) is 5.82 Å². The predicted octanol–water partition coefficient (Wildman–Crippen LogP) is 2.25. The third-order valence-corrected chi connectivity index (χ3v) is 2.02. The number of hydrogen-bond acceptors (Lipinski definition) is 3. The highest BCUT2D eigenvalue weighted by Gasteiger charge is 2.15. The Morgan fingerprint density at radius 3 is 2.73 bits per heavy atom. The van der Waals surface area contributed by atoms with Crippen molar-refractivity contribution in [3.05, 3.63) is 24.4 Å². The molecule has 0 aromatic carbocycles. The number of rotatable bonds is 1. The van der Waals surface area contributed by atoms with Gasteiger partial charge in [0.05, 0.1) is 5.52 Å². The van der Waals surface area contributed by atoms with Crippen LogP contribution in [-0.2, 0) is 0 Å². The van der Waals surface area contributed by atoms with Crippen molar-refractivity contribution in [3.63, 3.8) is 0 Å². The fraction of sp³-hybridized carbons (Fsp3) is 0.364. The van der Waals surface area contributed by atoms with Gasteiger partial charge < -0.3 is 10.4 Å². The Bertz CT molecular complexity index is 482. The lowest BCUT2D eigenvalue weighted by molar-refractivity contribution is 0.428. The van der Waals surface area contributed by atoms with E-state index in [9.17, 15) is 5.11 Å². The molecule has 2 N–H and O–H groups in total. The van der Waals surface area contributed by atoms with Crippen LogP contribution < -0.4 is 5.32 Å². The van der Waals surface area contributed by atoms with Gasteiger partial charge >= 0.3 is 6.01 Å². The number of aromatic hydroxyl groups is 1. The summed E-state index contributed by atoms with van der Waals surface area (Å²) in [5.74, 6) is 0.709. The highest BCUT2D eigenvalue weighted by atomic mass is 16.3. The monoisotopic (exact) mass is 205 g/mol. The van der Waals surface area contributed by atoms with Gasteiger partial charge in [-0.1, -0.05) is 6.07 Å². The molecule has 2 heterocycles. The van der Waals surface area contributed by atoms with Crippen LogP contribution in [0.25, 0.3) is 5.52 Å². The molecule has 0 spiro atoms. The van der Waals surface area contributed by atoms with Gasteiger partial charge in [-0.05, 0) is 32.9 Å². The Labute approximate surface area is 88.6 Å². The minimum absolute atomic E-state index is 0.0114. The number of nitrogens with one attached hydrogen (secondary N) is 1. The first-order valence-electron chi connectivity index (χ1n) is 4.91. The number of hydrogen-bond donors (Lipinski definition) is 2. The van der Waals surface area contributed by atoms with E-state index in [1.165, 1.54) is 0 Å². The Morgan fingerprint density at radius 1 is 1.33 bits per heavy atom. The molecular weight excluding hydrogens is 190 g/mol. The van der Waals surface area contributed by atoms with E-state index in [1.807, 2.05) is 18.2 Å². The molecule has 0 saturated carbocycles. The summed E-state index contributed by atoms with van der Waals surface area (Å²) in [5.41, 5.74) is 0.807. The smallest absolute Gasteiger partial charge is 0.300 e. The maximum absolute atomic E-state index is 9.60. The minimum atomic E-state index is -0.0723. The average Bonchev–Trinajstić information content (AvgIpc) is 2.42. The van der Waals surface area contributed by atoms with Gasteiger partial charge in [-0.15, -0.1) is 0 Å². The summed E-state index contributed by atoms with van der Waals surface area (Å²) >= 11 is 0. The fourth-order valence-corrected chi connectivity index (χ4v) is 1.47. The first-order chi connectivity index (χ1) is 6.97. The SMILES string of the molecule is CC(C)(C)Nc1nc(O)n2ccccc12. The number of fused-ring (bicyclic) bond motifs is 1. The normalized spacial score (nSPS) is 11.9. The minimum Gasteiger partial charge on any atom is -0.480 e. The van der Waals surface area contributed by atoms with Gasteiger partial charge in [0, 0.05) is 11.7 Å². The Kier molecular flexibility index (Phi) is 2.07. The van der Waals surface area contributed by atoms with Gasteiger partial charge in [0.2, 0.25) is 0 Å². The molecule has 2 aromatic heterocycles. The molecule has 2 rings (SSSR count). The van der Waals surface area contributed by atoms with E-state index in [-0.39, 0.29) is 11.5 Å². The van der Waals surface area contributed by atoms with E-state index in [1.54, 1.807) is 10.6 Å². The standard InChI is InChI=1S/C11H15N3O/c1-11(2,3)13-9-8-6-4-5-7-14(8)10(15)12-9/h4-7,13H,1-3H3,(H,12,15). The summed E-state index contributed by atoms with van der Waals surface area (Å²) in [7, 11) is 0. The van der Waals surface area contributed by atoms with Crippen molar-refractivity contribution in [3.8, 4) is 6.01 Å². The molecule has 4 nitrogen and oxygen atoms in total. The van der Waals surface area contributed by atoms with Crippen LogP contribution >= 0.6 is 0 Å². The molecule has 0 fully saturated rings. The first kappa shape index (κ1) is 9.83. The van der Waals surface area contributed by atoms with Crippen molar-refractivity contribution < 1.29 is 5.11 Å².